The molecule has 0 bridgehead atoms. The number of amides is 1. The summed E-state index contributed by atoms with van der Waals surface area (Å²) in [6.07, 6.45) is 2.09. The SMILES string of the molecule is COc1ccc([C@H]2CC(=O)N(c3cc(C)cc(C)c3)C3=C2C(=O)CCC3)c(OC)c1OC. The highest BCUT2D eigenvalue weighted by Crippen LogP contribution is 2.49. The van der Waals surface area contributed by atoms with Gasteiger partial charge in [0, 0.05) is 41.3 Å². The molecule has 4 rings (SSSR count). The fourth-order valence-electron chi connectivity index (χ4n) is 5.04. The van der Waals surface area contributed by atoms with Crippen LogP contribution in [0.1, 0.15) is 48.3 Å². The lowest BCUT2D eigenvalue weighted by Gasteiger charge is -2.39. The van der Waals surface area contributed by atoms with E-state index in [1.165, 1.54) is 0 Å². The van der Waals surface area contributed by atoms with Crippen molar-refractivity contribution >= 4 is 17.4 Å². The van der Waals surface area contributed by atoms with E-state index in [2.05, 4.69) is 6.07 Å². The molecule has 2 aromatic rings. The van der Waals surface area contributed by atoms with E-state index in [1.807, 2.05) is 32.0 Å². The Morgan fingerprint density at radius 3 is 2.19 bits per heavy atom. The van der Waals surface area contributed by atoms with Crippen molar-refractivity contribution in [2.45, 2.75) is 45.4 Å². The highest BCUT2D eigenvalue weighted by molar-refractivity contribution is 6.07. The van der Waals surface area contributed by atoms with Crippen molar-refractivity contribution in [2.24, 2.45) is 0 Å². The minimum absolute atomic E-state index is 0.0229. The number of Topliss-reactive ketones (excluding diaryl/α,β-unsaturated/α-hetero) is 1. The standard InChI is InChI=1S/C26H29NO5/c1-15-11-16(2)13-17(12-15)27-20-7-6-8-21(28)24(20)19(14-23(27)29)18-9-10-22(30-3)26(32-5)25(18)31-4/h9-13,19H,6-8,14H2,1-5H3/t19-/m1/s1. The number of ketones is 1. The van der Waals surface area contributed by atoms with Gasteiger partial charge in [0.1, 0.15) is 0 Å². The number of allylic oxidation sites excluding steroid dienone is 2. The highest BCUT2D eigenvalue weighted by atomic mass is 16.5. The molecule has 1 heterocycles. The first-order valence-corrected chi connectivity index (χ1v) is 10.9. The van der Waals surface area contributed by atoms with Gasteiger partial charge in [-0.1, -0.05) is 12.1 Å². The van der Waals surface area contributed by atoms with Gasteiger partial charge < -0.3 is 14.2 Å². The Labute approximate surface area is 188 Å². The van der Waals surface area contributed by atoms with E-state index in [0.29, 0.717) is 35.7 Å². The number of benzene rings is 2. The van der Waals surface area contributed by atoms with Gasteiger partial charge in [0.05, 0.1) is 21.3 Å². The summed E-state index contributed by atoms with van der Waals surface area (Å²) in [7, 11) is 4.67. The molecule has 0 saturated heterocycles. The van der Waals surface area contributed by atoms with Crippen molar-refractivity contribution in [3.8, 4) is 17.2 Å². The predicted molar refractivity (Wildman–Crippen MR) is 123 cm³/mol. The topological polar surface area (TPSA) is 65.1 Å². The van der Waals surface area contributed by atoms with Crippen molar-refractivity contribution in [3.05, 3.63) is 58.3 Å². The zero-order valence-corrected chi connectivity index (χ0v) is 19.3. The molecule has 32 heavy (non-hydrogen) atoms. The smallest absolute Gasteiger partial charge is 0.232 e. The maximum Gasteiger partial charge on any atom is 0.232 e. The number of nitrogens with zero attached hydrogens (tertiary/aromatic N) is 1. The molecular formula is C26H29NO5. The average molecular weight is 436 g/mol. The first-order chi connectivity index (χ1) is 15.4. The minimum atomic E-state index is -0.387. The van der Waals surface area contributed by atoms with Gasteiger partial charge in [-0.15, -0.1) is 0 Å². The van der Waals surface area contributed by atoms with Crippen LogP contribution in [-0.4, -0.2) is 33.0 Å². The molecule has 2 aliphatic rings. The molecule has 1 amide bonds. The zero-order valence-electron chi connectivity index (χ0n) is 19.3. The van der Waals surface area contributed by atoms with Crippen LogP contribution in [0.25, 0.3) is 0 Å². The van der Waals surface area contributed by atoms with Gasteiger partial charge in [0.25, 0.3) is 0 Å². The number of carbonyl (C=O) groups is 2. The van der Waals surface area contributed by atoms with Crippen molar-refractivity contribution in [3.63, 3.8) is 0 Å². The number of hydrogen-bond acceptors (Lipinski definition) is 5. The van der Waals surface area contributed by atoms with Crippen LogP contribution in [0.15, 0.2) is 41.6 Å². The fraction of sp³-hybridized carbons (Fsp3) is 0.385. The first-order valence-electron chi connectivity index (χ1n) is 10.9. The summed E-state index contributed by atoms with van der Waals surface area (Å²) in [6.45, 7) is 4.03. The Balaban J connectivity index is 1.91. The largest absolute Gasteiger partial charge is 0.493 e. The van der Waals surface area contributed by atoms with Gasteiger partial charge in [-0.3, -0.25) is 14.5 Å². The average Bonchev–Trinajstić information content (AvgIpc) is 2.76. The Kier molecular flexibility index (Phi) is 5.96. The number of hydrogen-bond donors (Lipinski definition) is 0. The lowest BCUT2D eigenvalue weighted by Crippen LogP contribution is -2.40. The third-order valence-corrected chi connectivity index (χ3v) is 6.25. The van der Waals surface area contributed by atoms with Crippen LogP contribution in [0.4, 0.5) is 5.69 Å². The van der Waals surface area contributed by atoms with E-state index in [4.69, 9.17) is 14.2 Å². The fourth-order valence-corrected chi connectivity index (χ4v) is 5.04. The molecule has 1 aliphatic heterocycles. The Hall–Kier alpha value is -3.28. The summed E-state index contributed by atoms with van der Waals surface area (Å²) in [5.41, 5.74) is 5.28. The molecule has 6 heteroatoms. The van der Waals surface area contributed by atoms with Crippen molar-refractivity contribution in [1.82, 2.24) is 0 Å². The van der Waals surface area contributed by atoms with E-state index in [1.54, 1.807) is 32.3 Å². The normalized spacial score (nSPS) is 18.5. The molecule has 0 spiro atoms. The molecule has 0 radical (unpaired) electrons. The van der Waals surface area contributed by atoms with Gasteiger partial charge in [-0.05, 0) is 56.0 Å². The maximum atomic E-state index is 13.5. The van der Waals surface area contributed by atoms with E-state index in [-0.39, 0.29) is 24.0 Å². The van der Waals surface area contributed by atoms with E-state index in [9.17, 15) is 9.59 Å². The summed E-state index contributed by atoms with van der Waals surface area (Å²) in [4.78, 5) is 28.5. The van der Waals surface area contributed by atoms with E-state index >= 15 is 0 Å². The van der Waals surface area contributed by atoms with Gasteiger partial charge in [-0.25, -0.2) is 0 Å². The number of methoxy groups -OCH3 is 3. The number of anilines is 1. The van der Waals surface area contributed by atoms with Gasteiger partial charge in [-0.2, -0.15) is 0 Å². The number of carbonyl (C=O) groups excluding carboxylic acids is 2. The number of ether oxygens (including phenoxy) is 3. The molecule has 0 N–H and O–H groups in total. The third kappa shape index (κ3) is 3.64. The monoisotopic (exact) mass is 435 g/mol. The summed E-state index contributed by atoms with van der Waals surface area (Å²) < 4.78 is 16.7. The van der Waals surface area contributed by atoms with E-state index < -0.39 is 0 Å². The third-order valence-electron chi connectivity index (χ3n) is 6.25. The number of rotatable bonds is 5. The summed E-state index contributed by atoms with van der Waals surface area (Å²) in [5, 5.41) is 0. The summed E-state index contributed by atoms with van der Waals surface area (Å²) in [6, 6.07) is 9.76. The van der Waals surface area contributed by atoms with Crippen molar-refractivity contribution < 1.29 is 23.8 Å². The molecule has 0 unspecified atom stereocenters. The maximum absolute atomic E-state index is 13.5. The second kappa shape index (κ2) is 8.69. The van der Waals surface area contributed by atoms with Crippen LogP contribution >= 0.6 is 0 Å². The highest BCUT2D eigenvalue weighted by Gasteiger charge is 2.41. The Morgan fingerprint density at radius 2 is 1.56 bits per heavy atom. The number of aryl methyl sites for hydroxylation is 2. The summed E-state index contributed by atoms with van der Waals surface area (Å²) >= 11 is 0. The molecule has 1 atom stereocenters. The van der Waals surface area contributed by atoms with Crippen molar-refractivity contribution in [1.29, 1.82) is 0 Å². The molecule has 0 aromatic heterocycles. The minimum Gasteiger partial charge on any atom is -0.493 e. The first kappa shape index (κ1) is 21.9. The molecule has 1 aliphatic carbocycles. The molecule has 2 aromatic carbocycles. The lowest BCUT2D eigenvalue weighted by molar-refractivity contribution is -0.119. The van der Waals surface area contributed by atoms with Crippen LogP contribution in [-0.2, 0) is 9.59 Å². The molecular weight excluding hydrogens is 406 g/mol. The molecule has 0 fully saturated rings. The summed E-state index contributed by atoms with van der Waals surface area (Å²) in [5.74, 6) is 1.18. The van der Waals surface area contributed by atoms with Gasteiger partial charge in [0.2, 0.25) is 11.7 Å². The predicted octanol–water partition coefficient (Wildman–Crippen LogP) is 4.86. The van der Waals surface area contributed by atoms with Gasteiger partial charge >= 0.3 is 0 Å². The van der Waals surface area contributed by atoms with Crippen molar-refractivity contribution in [2.75, 3.05) is 26.2 Å². The zero-order chi connectivity index (χ0) is 23.0. The van der Waals surface area contributed by atoms with Crippen LogP contribution in [0.5, 0.6) is 17.2 Å². The van der Waals surface area contributed by atoms with Crippen LogP contribution in [0.3, 0.4) is 0 Å². The molecule has 168 valence electrons. The Morgan fingerprint density at radius 1 is 0.875 bits per heavy atom. The van der Waals surface area contributed by atoms with Crippen LogP contribution in [0, 0.1) is 13.8 Å². The second-order valence-corrected chi connectivity index (χ2v) is 8.39. The Bertz CT molecular complexity index is 1100. The van der Waals surface area contributed by atoms with Crippen LogP contribution in [0.2, 0.25) is 0 Å². The van der Waals surface area contributed by atoms with Gasteiger partial charge in [0.15, 0.2) is 17.3 Å². The van der Waals surface area contributed by atoms with E-state index in [0.717, 1.165) is 34.5 Å². The second-order valence-electron chi connectivity index (χ2n) is 8.39. The quantitative estimate of drug-likeness (QED) is 0.671. The lowest BCUT2D eigenvalue weighted by atomic mass is 9.76. The molecule has 6 nitrogen and oxygen atoms in total. The molecule has 0 saturated carbocycles. The van der Waals surface area contributed by atoms with Crippen LogP contribution < -0.4 is 19.1 Å².